The number of allylic oxidation sites excluding steroid dienone is 10. The number of ether oxygens (including phenoxy) is 3. The normalized spacial score (nSPS) is 12.5. The lowest BCUT2D eigenvalue weighted by molar-refractivity contribution is -0.167. The Kier molecular flexibility index (Phi) is 52.3. The maximum atomic E-state index is 12.8. The van der Waals surface area contributed by atoms with Gasteiger partial charge in [-0.2, -0.15) is 0 Å². The number of unbranched alkanes of at least 4 members (excludes halogenated alkanes) is 30. The highest BCUT2D eigenvalue weighted by atomic mass is 16.6. The first-order valence-electron chi connectivity index (χ1n) is 28.3. The van der Waals surface area contributed by atoms with Crippen molar-refractivity contribution in [2.24, 2.45) is 0 Å². The fourth-order valence-corrected chi connectivity index (χ4v) is 7.95. The van der Waals surface area contributed by atoms with E-state index in [1.54, 1.807) is 0 Å². The number of hydrogen-bond acceptors (Lipinski definition) is 6. The van der Waals surface area contributed by atoms with Gasteiger partial charge >= 0.3 is 17.9 Å². The van der Waals surface area contributed by atoms with Crippen LogP contribution in [0.15, 0.2) is 60.8 Å². The summed E-state index contributed by atoms with van der Waals surface area (Å²) >= 11 is 0. The van der Waals surface area contributed by atoms with E-state index in [1.165, 1.54) is 161 Å². The second-order valence-electron chi connectivity index (χ2n) is 18.8. The van der Waals surface area contributed by atoms with Crippen LogP contribution in [-0.2, 0) is 28.6 Å². The van der Waals surface area contributed by atoms with E-state index in [9.17, 15) is 14.4 Å². The molecule has 0 spiro atoms. The van der Waals surface area contributed by atoms with Crippen molar-refractivity contribution < 1.29 is 28.6 Å². The van der Waals surface area contributed by atoms with Crippen LogP contribution < -0.4 is 0 Å². The van der Waals surface area contributed by atoms with E-state index >= 15 is 0 Å². The summed E-state index contributed by atoms with van der Waals surface area (Å²) in [6.45, 7) is 6.59. The van der Waals surface area contributed by atoms with E-state index in [0.717, 1.165) is 83.5 Å². The van der Waals surface area contributed by atoms with Gasteiger partial charge in [0.1, 0.15) is 13.2 Å². The fourth-order valence-electron chi connectivity index (χ4n) is 7.95. The van der Waals surface area contributed by atoms with Gasteiger partial charge in [-0.15, -0.1) is 0 Å². The molecule has 0 amide bonds. The lowest BCUT2D eigenvalue weighted by atomic mass is 10.0. The van der Waals surface area contributed by atoms with Gasteiger partial charge in [0.15, 0.2) is 6.10 Å². The van der Waals surface area contributed by atoms with Crippen LogP contribution >= 0.6 is 0 Å². The quantitative estimate of drug-likeness (QED) is 0.0262. The lowest BCUT2D eigenvalue weighted by Gasteiger charge is -2.18. The Hall–Kier alpha value is -2.89. The third-order valence-corrected chi connectivity index (χ3v) is 12.2. The van der Waals surface area contributed by atoms with Crippen LogP contribution in [0.25, 0.3) is 0 Å². The number of hydrogen-bond donors (Lipinski definition) is 0. The lowest BCUT2D eigenvalue weighted by Crippen LogP contribution is -2.30. The first kappa shape index (κ1) is 63.1. The van der Waals surface area contributed by atoms with Gasteiger partial charge in [0.25, 0.3) is 0 Å². The Morgan fingerprint density at radius 2 is 0.545 bits per heavy atom. The zero-order valence-electron chi connectivity index (χ0n) is 43.7. The molecule has 1 atom stereocenters. The maximum Gasteiger partial charge on any atom is 0.306 e. The summed E-state index contributed by atoms with van der Waals surface area (Å²) in [5.41, 5.74) is 0. The first-order chi connectivity index (χ1) is 32.5. The summed E-state index contributed by atoms with van der Waals surface area (Å²) in [6, 6.07) is 0. The topological polar surface area (TPSA) is 78.9 Å². The minimum absolute atomic E-state index is 0.0838. The summed E-state index contributed by atoms with van der Waals surface area (Å²) in [5.74, 6) is -0.910. The summed E-state index contributed by atoms with van der Waals surface area (Å²) in [4.78, 5) is 38.1. The van der Waals surface area contributed by atoms with Crippen LogP contribution in [0.5, 0.6) is 0 Å². The van der Waals surface area contributed by atoms with Crippen molar-refractivity contribution in [2.45, 2.75) is 290 Å². The highest BCUT2D eigenvalue weighted by Gasteiger charge is 2.19. The molecule has 0 aliphatic carbocycles. The molecule has 0 aromatic rings. The van der Waals surface area contributed by atoms with Crippen LogP contribution in [0, 0.1) is 0 Å². The molecular formula is C60H106O6. The van der Waals surface area contributed by atoms with Crippen molar-refractivity contribution in [3.8, 4) is 0 Å². The fraction of sp³-hybridized carbons (Fsp3) is 0.783. The van der Waals surface area contributed by atoms with Crippen LogP contribution in [-0.4, -0.2) is 37.2 Å². The highest BCUT2D eigenvalue weighted by molar-refractivity contribution is 5.71. The van der Waals surface area contributed by atoms with Gasteiger partial charge in [-0.3, -0.25) is 14.4 Å². The van der Waals surface area contributed by atoms with Gasteiger partial charge in [0.05, 0.1) is 0 Å². The van der Waals surface area contributed by atoms with Gasteiger partial charge in [-0.05, 0) is 89.9 Å². The molecule has 0 saturated carbocycles. The molecule has 0 heterocycles. The minimum Gasteiger partial charge on any atom is -0.462 e. The van der Waals surface area contributed by atoms with Crippen LogP contribution in [0.2, 0.25) is 0 Å². The van der Waals surface area contributed by atoms with E-state index in [4.69, 9.17) is 14.2 Å². The Labute approximate surface area is 409 Å². The molecule has 6 nitrogen and oxygen atoms in total. The van der Waals surface area contributed by atoms with E-state index in [0.29, 0.717) is 19.3 Å². The standard InChI is InChI=1S/C60H106O6/c1-4-7-10-13-16-19-22-25-28-29-30-31-33-35-38-41-44-47-50-53-59(62)65-56-57(55-64-58(61)52-49-46-43-40-37-34-27-24-21-18-15-12-9-6-3)66-60(63)54-51-48-45-42-39-36-32-26-23-20-17-14-11-8-5-2/h16,19-20,23,25,28,30-31,35,38,57H,4-15,17-18,21-22,24,26-27,29,32-34,36-37,39-56H2,1-3H3/b19-16+,23-20+,28-25+,31-30+,38-35+/t57-/m1/s1. The molecule has 0 rings (SSSR count). The van der Waals surface area contributed by atoms with Gasteiger partial charge in [-0.25, -0.2) is 0 Å². The summed E-state index contributed by atoms with van der Waals surface area (Å²) in [6.07, 6.45) is 67.7. The van der Waals surface area contributed by atoms with Crippen molar-refractivity contribution in [1.82, 2.24) is 0 Å². The Balaban J connectivity index is 4.42. The number of carbonyl (C=O) groups excluding carboxylic acids is 3. The van der Waals surface area contributed by atoms with Gasteiger partial charge in [0, 0.05) is 19.3 Å². The molecule has 0 aromatic heterocycles. The number of esters is 3. The molecule has 0 unspecified atom stereocenters. The largest absolute Gasteiger partial charge is 0.462 e. The average molecular weight is 924 g/mol. The molecule has 0 saturated heterocycles. The second kappa shape index (κ2) is 54.7. The second-order valence-corrected chi connectivity index (χ2v) is 18.8. The van der Waals surface area contributed by atoms with Crippen molar-refractivity contribution in [1.29, 1.82) is 0 Å². The molecule has 0 aromatic carbocycles. The third-order valence-electron chi connectivity index (χ3n) is 12.2. The maximum absolute atomic E-state index is 12.8. The molecule has 66 heavy (non-hydrogen) atoms. The Bertz CT molecular complexity index is 1200. The summed E-state index contributed by atoms with van der Waals surface area (Å²) in [7, 11) is 0. The molecule has 0 bridgehead atoms. The predicted molar refractivity (Wildman–Crippen MR) is 284 cm³/mol. The molecule has 0 N–H and O–H groups in total. The SMILES string of the molecule is CCCCC/C=C/C/C=C/C/C=C/C/C=C/CCCCCC(=O)OC[C@@H](COC(=O)CCCCCCCCCCCCCCCC)OC(=O)CCCCCCCCC/C=C/CCCCCC. The molecule has 382 valence electrons. The van der Waals surface area contributed by atoms with Gasteiger partial charge in [0.2, 0.25) is 0 Å². The van der Waals surface area contributed by atoms with E-state index in [2.05, 4.69) is 81.5 Å². The number of carbonyl (C=O) groups is 3. The smallest absolute Gasteiger partial charge is 0.306 e. The van der Waals surface area contributed by atoms with Crippen LogP contribution in [0.3, 0.4) is 0 Å². The van der Waals surface area contributed by atoms with Crippen molar-refractivity contribution >= 4 is 17.9 Å². The van der Waals surface area contributed by atoms with Crippen LogP contribution in [0.1, 0.15) is 284 Å². The summed E-state index contributed by atoms with van der Waals surface area (Å²) < 4.78 is 16.8. The Morgan fingerprint density at radius 3 is 0.924 bits per heavy atom. The van der Waals surface area contributed by atoms with Crippen molar-refractivity contribution in [3.63, 3.8) is 0 Å². The monoisotopic (exact) mass is 923 g/mol. The van der Waals surface area contributed by atoms with Gasteiger partial charge in [-0.1, -0.05) is 236 Å². The molecule has 0 aliphatic rings. The predicted octanol–water partition coefficient (Wildman–Crippen LogP) is 18.8. The molecule has 6 heteroatoms. The molecule has 0 radical (unpaired) electrons. The zero-order chi connectivity index (χ0) is 47.9. The third kappa shape index (κ3) is 52.1. The minimum atomic E-state index is -0.787. The molecule has 0 aliphatic heterocycles. The average Bonchev–Trinajstić information content (AvgIpc) is 3.31. The van der Waals surface area contributed by atoms with E-state index in [1.807, 2.05) is 0 Å². The van der Waals surface area contributed by atoms with Crippen LogP contribution in [0.4, 0.5) is 0 Å². The number of rotatable bonds is 51. The van der Waals surface area contributed by atoms with E-state index in [-0.39, 0.29) is 31.1 Å². The highest BCUT2D eigenvalue weighted by Crippen LogP contribution is 2.15. The van der Waals surface area contributed by atoms with E-state index < -0.39 is 6.10 Å². The Morgan fingerprint density at radius 1 is 0.303 bits per heavy atom. The first-order valence-corrected chi connectivity index (χ1v) is 28.3. The van der Waals surface area contributed by atoms with Crippen molar-refractivity contribution in [3.05, 3.63) is 60.8 Å². The zero-order valence-corrected chi connectivity index (χ0v) is 43.7. The molecule has 0 fully saturated rings. The van der Waals surface area contributed by atoms with Gasteiger partial charge < -0.3 is 14.2 Å². The summed E-state index contributed by atoms with van der Waals surface area (Å²) in [5, 5.41) is 0. The molecular weight excluding hydrogens is 817 g/mol. The van der Waals surface area contributed by atoms with Crippen molar-refractivity contribution in [2.75, 3.05) is 13.2 Å².